The highest BCUT2D eigenvalue weighted by molar-refractivity contribution is 7.93. The number of hydrogen-bond donors (Lipinski definition) is 1. The van der Waals surface area contributed by atoms with Gasteiger partial charge in [-0.2, -0.15) is 5.10 Å². The van der Waals surface area contributed by atoms with Gasteiger partial charge in [-0.05, 0) is 13.8 Å². The molecule has 1 N–H and O–H groups in total. The van der Waals surface area contributed by atoms with Gasteiger partial charge < -0.3 is 4.55 Å². The summed E-state index contributed by atoms with van der Waals surface area (Å²) in [6.45, 7) is 5.37. The Morgan fingerprint density at radius 2 is 2.10 bits per heavy atom. The molecule has 0 fully saturated rings. The van der Waals surface area contributed by atoms with Crippen LogP contribution in [0.3, 0.4) is 0 Å². The lowest BCUT2D eigenvalue weighted by Gasteiger charge is -2.11. The van der Waals surface area contributed by atoms with E-state index in [2.05, 4.69) is 5.10 Å². The molecule has 0 aromatic rings. The number of hydrazone groups is 1. The maximum Gasteiger partial charge on any atom is 0.199 e. The van der Waals surface area contributed by atoms with Crippen LogP contribution in [0, 0.1) is 0 Å². The van der Waals surface area contributed by atoms with E-state index in [4.69, 9.17) is 4.55 Å². The van der Waals surface area contributed by atoms with Crippen molar-refractivity contribution in [2.75, 3.05) is 13.1 Å². The lowest BCUT2D eigenvalue weighted by Crippen LogP contribution is -2.16. The molecular formula is C5H12N2O2S. The summed E-state index contributed by atoms with van der Waals surface area (Å²) in [5, 5.41) is 5.41. The minimum absolute atomic E-state index is 0.754. The molecule has 4 nitrogen and oxygen atoms in total. The SMILES string of the molecule is CCN(CC)/N=C/S(=O)O. The summed E-state index contributed by atoms with van der Waals surface area (Å²) in [4.78, 5) is 0. The van der Waals surface area contributed by atoms with Crippen molar-refractivity contribution in [3.8, 4) is 0 Å². The van der Waals surface area contributed by atoms with Crippen molar-refractivity contribution in [3.05, 3.63) is 0 Å². The molecule has 10 heavy (non-hydrogen) atoms. The van der Waals surface area contributed by atoms with Gasteiger partial charge in [0.05, 0.1) is 0 Å². The van der Waals surface area contributed by atoms with Crippen LogP contribution >= 0.6 is 0 Å². The molecule has 0 amide bonds. The second-order valence-corrected chi connectivity index (χ2v) is 2.40. The highest BCUT2D eigenvalue weighted by atomic mass is 32.2. The highest BCUT2D eigenvalue weighted by Gasteiger charge is 1.90. The van der Waals surface area contributed by atoms with Gasteiger partial charge in [0.25, 0.3) is 0 Å². The van der Waals surface area contributed by atoms with Crippen LogP contribution < -0.4 is 0 Å². The predicted molar refractivity (Wildman–Crippen MR) is 42.2 cm³/mol. The Labute approximate surface area is 63.2 Å². The van der Waals surface area contributed by atoms with Gasteiger partial charge in [-0.3, -0.25) is 5.01 Å². The van der Waals surface area contributed by atoms with Gasteiger partial charge in [-0.25, -0.2) is 4.21 Å². The van der Waals surface area contributed by atoms with E-state index < -0.39 is 11.1 Å². The van der Waals surface area contributed by atoms with Gasteiger partial charge in [0.15, 0.2) is 11.1 Å². The van der Waals surface area contributed by atoms with E-state index in [1.807, 2.05) is 13.8 Å². The average Bonchev–Trinajstić information content (AvgIpc) is 1.90. The Morgan fingerprint density at radius 1 is 1.60 bits per heavy atom. The largest absolute Gasteiger partial charge is 0.301 e. The summed E-state index contributed by atoms with van der Waals surface area (Å²) in [6, 6.07) is 0. The minimum Gasteiger partial charge on any atom is -0.301 e. The summed E-state index contributed by atoms with van der Waals surface area (Å²) in [7, 11) is 0. The molecule has 0 aliphatic heterocycles. The first-order chi connectivity index (χ1) is 4.70. The minimum atomic E-state index is -1.92. The fourth-order valence-corrected chi connectivity index (χ4v) is 0.708. The first kappa shape index (κ1) is 9.58. The molecule has 5 heteroatoms. The maximum absolute atomic E-state index is 10.1. The van der Waals surface area contributed by atoms with Gasteiger partial charge in [0, 0.05) is 13.1 Å². The Bertz CT molecular complexity index is 134. The molecule has 0 aliphatic rings. The van der Waals surface area contributed by atoms with Crippen molar-refractivity contribution in [1.82, 2.24) is 5.01 Å². The first-order valence-corrected chi connectivity index (χ1v) is 4.26. The van der Waals surface area contributed by atoms with Gasteiger partial charge in [-0.15, -0.1) is 0 Å². The second kappa shape index (κ2) is 5.37. The smallest absolute Gasteiger partial charge is 0.199 e. The first-order valence-electron chi connectivity index (χ1n) is 3.09. The van der Waals surface area contributed by atoms with E-state index in [0.717, 1.165) is 18.6 Å². The number of hydrogen-bond acceptors (Lipinski definition) is 3. The molecule has 0 bridgehead atoms. The fourth-order valence-electron chi connectivity index (χ4n) is 0.494. The van der Waals surface area contributed by atoms with Crippen LogP contribution in [0.1, 0.15) is 13.8 Å². The van der Waals surface area contributed by atoms with Crippen LogP contribution in [0.4, 0.5) is 0 Å². The highest BCUT2D eigenvalue weighted by Crippen LogP contribution is 1.85. The molecule has 1 atom stereocenters. The zero-order valence-corrected chi connectivity index (χ0v) is 6.97. The van der Waals surface area contributed by atoms with Crippen LogP contribution in [-0.4, -0.2) is 32.4 Å². The van der Waals surface area contributed by atoms with Crippen molar-refractivity contribution in [2.45, 2.75) is 13.8 Å². The van der Waals surface area contributed by atoms with Gasteiger partial charge >= 0.3 is 0 Å². The summed E-state index contributed by atoms with van der Waals surface area (Å²) in [5.74, 6) is 0. The van der Waals surface area contributed by atoms with Gasteiger partial charge in [0.2, 0.25) is 0 Å². The molecule has 0 heterocycles. The molecule has 0 radical (unpaired) electrons. The Morgan fingerprint density at radius 3 is 2.40 bits per heavy atom. The van der Waals surface area contributed by atoms with Crippen LogP contribution in [-0.2, 0) is 11.1 Å². The summed E-state index contributed by atoms with van der Waals surface area (Å²) < 4.78 is 18.4. The van der Waals surface area contributed by atoms with Crippen LogP contribution in [0.2, 0.25) is 0 Å². The zero-order valence-electron chi connectivity index (χ0n) is 6.15. The van der Waals surface area contributed by atoms with Crippen molar-refractivity contribution >= 4 is 16.6 Å². The summed E-state index contributed by atoms with van der Waals surface area (Å²) >= 11 is -1.92. The van der Waals surface area contributed by atoms with E-state index >= 15 is 0 Å². The number of nitrogens with zero attached hydrogens (tertiary/aromatic N) is 2. The molecule has 0 spiro atoms. The summed E-state index contributed by atoms with van der Waals surface area (Å²) in [6.07, 6.45) is 0. The average molecular weight is 164 g/mol. The van der Waals surface area contributed by atoms with Crippen molar-refractivity contribution in [1.29, 1.82) is 0 Å². The van der Waals surface area contributed by atoms with Crippen molar-refractivity contribution in [2.24, 2.45) is 5.10 Å². The molecule has 0 rings (SSSR count). The van der Waals surface area contributed by atoms with E-state index in [1.54, 1.807) is 5.01 Å². The van der Waals surface area contributed by atoms with E-state index in [0.29, 0.717) is 0 Å². The molecule has 0 aromatic carbocycles. The monoisotopic (exact) mass is 164 g/mol. The lowest BCUT2D eigenvalue weighted by molar-refractivity contribution is 0.324. The van der Waals surface area contributed by atoms with Gasteiger partial charge in [-0.1, -0.05) is 0 Å². The zero-order chi connectivity index (χ0) is 7.98. The third-order valence-electron chi connectivity index (χ3n) is 1.03. The normalized spacial score (nSPS) is 13.9. The fraction of sp³-hybridized carbons (Fsp3) is 0.800. The standard InChI is InChI=1S/C5H12N2O2S/c1-3-7(4-2)6-5-10(8)9/h5H,3-4H2,1-2H3,(H,8,9)/b6-5+. The Balaban J connectivity index is 3.72. The van der Waals surface area contributed by atoms with Crippen LogP contribution in [0.15, 0.2) is 5.10 Å². The number of rotatable bonds is 4. The topological polar surface area (TPSA) is 52.9 Å². The molecule has 60 valence electrons. The van der Waals surface area contributed by atoms with Crippen molar-refractivity contribution < 1.29 is 8.76 Å². The molecular weight excluding hydrogens is 152 g/mol. The Kier molecular flexibility index (Phi) is 5.15. The third kappa shape index (κ3) is 4.46. The molecule has 0 saturated carbocycles. The van der Waals surface area contributed by atoms with E-state index in [-0.39, 0.29) is 0 Å². The van der Waals surface area contributed by atoms with E-state index in [1.165, 1.54) is 0 Å². The third-order valence-corrected chi connectivity index (χ3v) is 1.31. The molecule has 0 aliphatic carbocycles. The van der Waals surface area contributed by atoms with Crippen molar-refractivity contribution in [3.63, 3.8) is 0 Å². The lowest BCUT2D eigenvalue weighted by atomic mass is 10.6. The van der Waals surface area contributed by atoms with Crippen LogP contribution in [0.25, 0.3) is 0 Å². The predicted octanol–water partition coefficient (Wildman–Crippen LogP) is 0.493. The molecule has 0 saturated heterocycles. The second-order valence-electron chi connectivity index (χ2n) is 1.64. The quantitative estimate of drug-likeness (QED) is 0.285. The summed E-state index contributed by atoms with van der Waals surface area (Å²) in [5.41, 5.74) is 1.01. The molecule has 1 unspecified atom stereocenters. The maximum atomic E-state index is 10.1. The van der Waals surface area contributed by atoms with Gasteiger partial charge in [0.1, 0.15) is 5.55 Å². The van der Waals surface area contributed by atoms with Crippen LogP contribution in [0.5, 0.6) is 0 Å². The van der Waals surface area contributed by atoms with E-state index in [9.17, 15) is 4.21 Å². The Hall–Kier alpha value is -0.420. The molecule has 0 aromatic heterocycles.